The Morgan fingerprint density at radius 3 is 2.57 bits per heavy atom. The zero-order valence-corrected chi connectivity index (χ0v) is 16.4. The van der Waals surface area contributed by atoms with Gasteiger partial charge in [-0.1, -0.05) is 32.0 Å². The maximum Gasteiger partial charge on any atom is 0.251 e. The Morgan fingerprint density at radius 2 is 1.86 bits per heavy atom. The third kappa shape index (κ3) is 4.22. The van der Waals surface area contributed by atoms with Crippen molar-refractivity contribution in [3.05, 3.63) is 59.7 Å². The molecule has 1 atom stereocenters. The van der Waals surface area contributed by atoms with Crippen LogP contribution >= 0.6 is 0 Å². The summed E-state index contributed by atoms with van der Waals surface area (Å²) in [5.41, 5.74) is 2.99. The van der Waals surface area contributed by atoms with Crippen molar-refractivity contribution < 1.29 is 14.4 Å². The highest BCUT2D eigenvalue weighted by Crippen LogP contribution is 2.28. The molecule has 0 bridgehead atoms. The molecule has 0 unspecified atom stereocenters. The summed E-state index contributed by atoms with van der Waals surface area (Å²) in [4.78, 5) is 38.6. The topological polar surface area (TPSA) is 78.5 Å². The molecule has 3 amide bonds. The number of hydrogen-bond donors (Lipinski definition) is 2. The Kier molecular flexibility index (Phi) is 5.78. The first-order chi connectivity index (χ1) is 13.4. The molecular weight excluding hydrogens is 354 g/mol. The lowest BCUT2D eigenvalue weighted by atomic mass is 10.0. The summed E-state index contributed by atoms with van der Waals surface area (Å²) in [7, 11) is 1.56. The van der Waals surface area contributed by atoms with Gasteiger partial charge in [-0.15, -0.1) is 0 Å². The van der Waals surface area contributed by atoms with E-state index in [1.54, 1.807) is 36.2 Å². The van der Waals surface area contributed by atoms with Gasteiger partial charge in [-0.05, 0) is 41.8 Å². The van der Waals surface area contributed by atoms with Crippen LogP contribution in [0.15, 0.2) is 48.5 Å². The highest BCUT2D eigenvalue weighted by atomic mass is 16.2. The van der Waals surface area contributed by atoms with E-state index >= 15 is 0 Å². The molecule has 2 N–H and O–H groups in total. The lowest BCUT2D eigenvalue weighted by Crippen LogP contribution is -2.28. The van der Waals surface area contributed by atoms with Gasteiger partial charge < -0.3 is 15.5 Å². The predicted molar refractivity (Wildman–Crippen MR) is 109 cm³/mol. The van der Waals surface area contributed by atoms with Crippen LogP contribution in [0.1, 0.15) is 42.1 Å². The third-order valence-electron chi connectivity index (χ3n) is 4.96. The van der Waals surface area contributed by atoms with Crippen LogP contribution in [0.3, 0.4) is 0 Å². The fourth-order valence-electron chi connectivity index (χ4n) is 3.31. The SMILES string of the molecule is CNC(=O)c1cccc(NC(=O)[C@H]2CC(=O)N(c3cccc(C(C)C)c3)C2)c1. The van der Waals surface area contributed by atoms with Crippen LogP contribution < -0.4 is 15.5 Å². The van der Waals surface area contributed by atoms with Crippen LogP contribution in [-0.2, 0) is 9.59 Å². The Balaban J connectivity index is 1.70. The number of anilines is 2. The van der Waals surface area contributed by atoms with Crippen LogP contribution in [0.5, 0.6) is 0 Å². The van der Waals surface area contributed by atoms with E-state index in [-0.39, 0.29) is 24.1 Å². The minimum atomic E-state index is -0.432. The standard InChI is InChI=1S/C22H25N3O3/c1-14(2)15-6-5-9-19(11-15)25-13-17(12-20(25)26)22(28)24-18-8-4-7-16(10-18)21(27)23-3/h4-11,14,17H,12-13H2,1-3H3,(H,23,27)(H,24,28)/t17-/m0/s1. The van der Waals surface area contributed by atoms with E-state index in [1.165, 1.54) is 0 Å². The second kappa shape index (κ2) is 8.25. The molecule has 0 spiro atoms. The first-order valence-corrected chi connectivity index (χ1v) is 9.42. The number of nitrogens with one attached hydrogen (secondary N) is 2. The number of carbonyl (C=O) groups is 3. The van der Waals surface area contributed by atoms with Gasteiger partial charge >= 0.3 is 0 Å². The average molecular weight is 379 g/mol. The van der Waals surface area contributed by atoms with Gasteiger partial charge in [0, 0.05) is 37.0 Å². The lowest BCUT2D eigenvalue weighted by Gasteiger charge is -2.18. The van der Waals surface area contributed by atoms with Crippen molar-refractivity contribution in [2.75, 3.05) is 23.8 Å². The molecule has 2 aromatic rings. The van der Waals surface area contributed by atoms with Crippen LogP contribution in [0.2, 0.25) is 0 Å². The monoisotopic (exact) mass is 379 g/mol. The van der Waals surface area contributed by atoms with Gasteiger partial charge in [0.2, 0.25) is 11.8 Å². The Labute approximate surface area is 164 Å². The zero-order valence-electron chi connectivity index (χ0n) is 16.4. The Hall–Kier alpha value is -3.15. The quantitative estimate of drug-likeness (QED) is 0.838. The molecule has 146 valence electrons. The number of benzene rings is 2. The van der Waals surface area contributed by atoms with E-state index < -0.39 is 5.92 Å². The number of hydrogen-bond acceptors (Lipinski definition) is 3. The summed E-state index contributed by atoms with van der Waals surface area (Å²) in [6.07, 6.45) is 0.173. The van der Waals surface area contributed by atoms with Gasteiger partial charge in [0.1, 0.15) is 0 Å². The summed E-state index contributed by atoms with van der Waals surface area (Å²) in [5, 5.41) is 5.38. The molecule has 1 aliphatic rings. The van der Waals surface area contributed by atoms with Gasteiger partial charge in [-0.2, -0.15) is 0 Å². The molecule has 3 rings (SSSR count). The van der Waals surface area contributed by atoms with E-state index in [0.717, 1.165) is 11.3 Å². The van der Waals surface area contributed by atoms with E-state index in [4.69, 9.17) is 0 Å². The Bertz CT molecular complexity index is 907. The van der Waals surface area contributed by atoms with Gasteiger partial charge in [0.15, 0.2) is 0 Å². The molecule has 2 aromatic carbocycles. The molecular formula is C22H25N3O3. The molecule has 6 nitrogen and oxygen atoms in total. The maximum atomic E-state index is 12.7. The minimum Gasteiger partial charge on any atom is -0.355 e. The molecule has 1 fully saturated rings. The molecule has 1 aliphatic heterocycles. The first-order valence-electron chi connectivity index (χ1n) is 9.42. The van der Waals surface area contributed by atoms with Gasteiger partial charge in [0.25, 0.3) is 5.91 Å². The molecule has 0 saturated carbocycles. The average Bonchev–Trinajstić information content (AvgIpc) is 3.09. The van der Waals surface area contributed by atoms with E-state index in [2.05, 4.69) is 24.5 Å². The lowest BCUT2D eigenvalue weighted by molar-refractivity contribution is -0.122. The van der Waals surface area contributed by atoms with Crippen LogP contribution in [0.4, 0.5) is 11.4 Å². The van der Waals surface area contributed by atoms with Crippen molar-refractivity contribution in [2.24, 2.45) is 5.92 Å². The third-order valence-corrected chi connectivity index (χ3v) is 4.96. The predicted octanol–water partition coefficient (Wildman–Crippen LogP) is 3.16. The second-order valence-corrected chi connectivity index (χ2v) is 7.30. The number of amides is 3. The molecule has 28 heavy (non-hydrogen) atoms. The summed E-state index contributed by atoms with van der Waals surface area (Å²) >= 11 is 0. The maximum absolute atomic E-state index is 12.7. The van der Waals surface area contributed by atoms with Crippen LogP contribution in [0, 0.1) is 5.92 Å². The van der Waals surface area contributed by atoms with Crippen LogP contribution in [0.25, 0.3) is 0 Å². The van der Waals surface area contributed by atoms with E-state index in [0.29, 0.717) is 23.7 Å². The van der Waals surface area contributed by atoms with Gasteiger partial charge in [0.05, 0.1) is 5.92 Å². The summed E-state index contributed by atoms with van der Waals surface area (Å²) in [6.45, 7) is 4.56. The molecule has 0 aromatic heterocycles. The van der Waals surface area contributed by atoms with E-state index in [9.17, 15) is 14.4 Å². The largest absolute Gasteiger partial charge is 0.355 e. The van der Waals surface area contributed by atoms with Crippen molar-refractivity contribution in [3.63, 3.8) is 0 Å². The molecule has 0 radical (unpaired) electrons. The smallest absolute Gasteiger partial charge is 0.251 e. The zero-order chi connectivity index (χ0) is 20.3. The molecule has 1 saturated heterocycles. The first kappa shape index (κ1) is 19.6. The Morgan fingerprint density at radius 1 is 1.11 bits per heavy atom. The summed E-state index contributed by atoms with van der Waals surface area (Å²) in [6, 6.07) is 14.6. The van der Waals surface area contributed by atoms with Crippen molar-refractivity contribution >= 4 is 29.1 Å². The highest BCUT2D eigenvalue weighted by Gasteiger charge is 2.35. The van der Waals surface area contributed by atoms with Crippen molar-refractivity contribution in [1.82, 2.24) is 5.32 Å². The fourth-order valence-corrected chi connectivity index (χ4v) is 3.31. The van der Waals surface area contributed by atoms with Gasteiger partial charge in [-0.3, -0.25) is 14.4 Å². The molecule has 1 heterocycles. The summed E-state index contributed by atoms with van der Waals surface area (Å²) in [5.74, 6) is -0.559. The van der Waals surface area contributed by atoms with Crippen molar-refractivity contribution in [3.8, 4) is 0 Å². The van der Waals surface area contributed by atoms with Crippen LogP contribution in [-0.4, -0.2) is 31.3 Å². The van der Waals surface area contributed by atoms with E-state index in [1.807, 2.05) is 24.3 Å². The van der Waals surface area contributed by atoms with Crippen molar-refractivity contribution in [2.45, 2.75) is 26.2 Å². The second-order valence-electron chi connectivity index (χ2n) is 7.30. The van der Waals surface area contributed by atoms with Crippen molar-refractivity contribution in [1.29, 1.82) is 0 Å². The number of nitrogens with zero attached hydrogens (tertiary/aromatic N) is 1. The summed E-state index contributed by atoms with van der Waals surface area (Å²) < 4.78 is 0. The van der Waals surface area contributed by atoms with Gasteiger partial charge in [-0.25, -0.2) is 0 Å². The molecule has 0 aliphatic carbocycles. The number of carbonyl (C=O) groups excluding carboxylic acids is 3. The highest BCUT2D eigenvalue weighted by molar-refractivity contribution is 6.04. The number of rotatable bonds is 5. The molecule has 6 heteroatoms. The fraction of sp³-hybridized carbons (Fsp3) is 0.318. The minimum absolute atomic E-state index is 0.0554. The normalized spacial score (nSPS) is 16.4.